The van der Waals surface area contributed by atoms with E-state index in [-0.39, 0.29) is 17.8 Å². The lowest BCUT2D eigenvalue weighted by Crippen LogP contribution is -2.30. The fraction of sp³-hybridized carbons (Fsp3) is 0.188. The molecule has 24 heavy (non-hydrogen) atoms. The van der Waals surface area contributed by atoms with Gasteiger partial charge in [0.2, 0.25) is 0 Å². The Labute approximate surface area is 142 Å². The Bertz CT molecular complexity index is 926. The van der Waals surface area contributed by atoms with Gasteiger partial charge in [-0.1, -0.05) is 23.7 Å². The number of nitrogens with one attached hydrogen (secondary N) is 2. The van der Waals surface area contributed by atoms with Crippen molar-refractivity contribution >= 4 is 29.6 Å². The number of amides is 3. The summed E-state index contributed by atoms with van der Waals surface area (Å²) in [6.07, 6.45) is 1.40. The second-order valence-electron chi connectivity index (χ2n) is 5.52. The lowest BCUT2D eigenvalue weighted by molar-refractivity contribution is -0.123. The Balaban J connectivity index is 1.89. The molecule has 0 saturated carbocycles. The summed E-state index contributed by atoms with van der Waals surface area (Å²) in [4.78, 5) is 37.6. The van der Waals surface area contributed by atoms with Crippen LogP contribution in [0.2, 0.25) is 5.02 Å². The zero-order chi connectivity index (χ0) is 17.4. The summed E-state index contributed by atoms with van der Waals surface area (Å²) in [5, 5.41) is 5.87. The summed E-state index contributed by atoms with van der Waals surface area (Å²) in [6, 6.07) is 6.40. The molecule has 3 rings (SSSR count). The van der Waals surface area contributed by atoms with Gasteiger partial charge in [-0.05, 0) is 30.7 Å². The first kappa shape index (κ1) is 16.1. The van der Waals surface area contributed by atoms with Crippen molar-refractivity contribution in [2.24, 2.45) is 7.05 Å². The molecule has 7 nitrogen and oxygen atoms in total. The summed E-state index contributed by atoms with van der Waals surface area (Å²) in [7, 11) is 1.58. The molecule has 0 unspecified atom stereocenters. The Morgan fingerprint density at radius 1 is 1.25 bits per heavy atom. The third-order valence-corrected chi connectivity index (χ3v) is 3.99. The first-order valence-corrected chi connectivity index (χ1v) is 7.59. The van der Waals surface area contributed by atoms with Gasteiger partial charge in [-0.15, -0.1) is 0 Å². The van der Waals surface area contributed by atoms with Crippen LogP contribution in [0.4, 0.5) is 4.79 Å². The van der Waals surface area contributed by atoms with Crippen LogP contribution in [0.15, 0.2) is 34.8 Å². The number of carbonyl (C=O) groups is 2. The molecule has 124 valence electrons. The highest BCUT2D eigenvalue weighted by atomic mass is 35.5. The number of halogens is 1. The van der Waals surface area contributed by atoms with Crippen molar-refractivity contribution in [3.05, 3.63) is 62.2 Å². The third kappa shape index (κ3) is 2.85. The van der Waals surface area contributed by atoms with E-state index in [1.54, 1.807) is 38.2 Å². The standard InChI is InChI=1S/C16H15ClN4O3/c1-9-12(14(22)20(2)19-9)7-13-15(23)21(16(24)18-13)8-10-4-3-5-11(17)6-10/h3-7,19H,8H2,1-2H3,(H,18,24)/b13-7-. The van der Waals surface area contributed by atoms with Gasteiger partial charge in [-0.25, -0.2) is 4.79 Å². The molecule has 0 spiro atoms. The largest absolute Gasteiger partial charge is 0.329 e. The minimum absolute atomic E-state index is 0.0711. The van der Waals surface area contributed by atoms with E-state index in [4.69, 9.17) is 11.6 Å². The highest BCUT2D eigenvalue weighted by Crippen LogP contribution is 2.18. The van der Waals surface area contributed by atoms with Crippen LogP contribution in [-0.2, 0) is 18.4 Å². The summed E-state index contributed by atoms with van der Waals surface area (Å²) >= 11 is 5.92. The number of urea groups is 1. The second kappa shape index (κ2) is 6.01. The van der Waals surface area contributed by atoms with Crippen LogP contribution in [-0.4, -0.2) is 26.6 Å². The zero-order valence-electron chi connectivity index (χ0n) is 13.1. The molecule has 2 aromatic rings. The van der Waals surface area contributed by atoms with Gasteiger partial charge in [0.25, 0.3) is 11.5 Å². The number of benzene rings is 1. The van der Waals surface area contributed by atoms with Gasteiger partial charge in [-0.3, -0.25) is 24.3 Å². The van der Waals surface area contributed by atoms with Crippen LogP contribution in [0, 0.1) is 6.92 Å². The Morgan fingerprint density at radius 3 is 2.62 bits per heavy atom. The van der Waals surface area contributed by atoms with Crippen LogP contribution in [0.5, 0.6) is 0 Å². The van der Waals surface area contributed by atoms with Crippen molar-refractivity contribution in [1.82, 2.24) is 20.0 Å². The lowest BCUT2D eigenvalue weighted by Gasteiger charge is -2.11. The van der Waals surface area contributed by atoms with Gasteiger partial charge < -0.3 is 5.32 Å². The molecule has 2 N–H and O–H groups in total. The van der Waals surface area contributed by atoms with E-state index in [9.17, 15) is 14.4 Å². The fourth-order valence-electron chi connectivity index (χ4n) is 2.55. The highest BCUT2D eigenvalue weighted by molar-refractivity contribution is 6.30. The molecule has 0 bridgehead atoms. The Kier molecular flexibility index (Phi) is 4.02. The molecule has 0 atom stereocenters. The molecule has 1 aliphatic rings. The number of aromatic amines is 1. The van der Waals surface area contributed by atoms with Crippen molar-refractivity contribution in [3.63, 3.8) is 0 Å². The predicted octanol–water partition coefficient (Wildman–Crippen LogP) is 1.77. The van der Waals surface area contributed by atoms with Crippen molar-refractivity contribution in [2.75, 3.05) is 0 Å². The van der Waals surface area contributed by atoms with Gasteiger partial charge in [0.05, 0.1) is 12.1 Å². The SMILES string of the molecule is Cc1[nH]n(C)c(=O)c1/C=C1\NC(=O)N(Cc2cccc(Cl)c2)C1=O. The number of nitrogens with zero attached hydrogens (tertiary/aromatic N) is 2. The molecule has 0 radical (unpaired) electrons. The maximum Gasteiger partial charge on any atom is 0.329 e. The summed E-state index contributed by atoms with van der Waals surface area (Å²) < 4.78 is 1.31. The smallest absolute Gasteiger partial charge is 0.303 e. The number of hydrogen-bond donors (Lipinski definition) is 2. The van der Waals surface area contributed by atoms with Gasteiger partial charge in [0.1, 0.15) is 5.70 Å². The van der Waals surface area contributed by atoms with Crippen LogP contribution in [0.3, 0.4) is 0 Å². The van der Waals surface area contributed by atoms with Gasteiger partial charge in [0, 0.05) is 17.8 Å². The van der Waals surface area contributed by atoms with Crippen LogP contribution >= 0.6 is 11.6 Å². The minimum atomic E-state index is -0.531. The molecular formula is C16H15ClN4O3. The van der Waals surface area contributed by atoms with Crippen LogP contribution in [0.25, 0.3) is 6.08 Å². The van der Waals surface area contributed by atoms with Gasteiger partial charge >= 0.3 is 6.03 Å². The molecule has 0 aliphatic carbocycles. The molecule has 1 aromatic heterocycles. The first-order valence-electron chi connectivity index (χ1n) is 7.21. The van der Waals surface area contributed by atoms with E-state index in [1.165, 1.54) is 10.8 Å². The quantitative estimate of drug-likeness (QED) is 0.656. The predicted molar refractivity (Wildman–Crippen MR) is 89.3 cm³/mol. The first-order chi connectivity index (χ1) is 11.4. The number of H-pyrrole nitrogens is 1. The lowest BCUT2D eigenvalue weighted by atomic mass is 10.2. The molecule has 2 heterocycles. The number of aryl methyl sites for hydroxylation is 2. The number of carbonyl (C=O) groups excluding carboxylic acids is 2. The van der Waals surface area contributed by atoms with Crippen molar-refractivity contribution in [2.45, 2.75) is 13.5 Å². The monoisotopic (exact) mass is 346 g/mol. The topological polar surface area (TPSA) is 87.2 Å². The maximum atomic E-state index is 12.5. The second-order valence-corrected chi connectivity index (χ2v) is 5.96. The van der Waals surface area contributed by atoms with Crippen LogP contribution in [0.1, 0.15) is 16.8 Å². The zero-order valence-corrected chi connectivity index (χ0v) is 13.8. The average molecular weight is 347 g/mol. The van der Waals surface area contributed by atoms with E-state index < -0.39 is 11.9 Å². The molecule has 1 aromatic carbocycles. The summed E-state index contributed by atoms with van der Waals surface area (Å²) in [5.41, 5.74) is 1.49. The van der Waals surface area contributed by atoms with E-state index in [0.29, 0.717) is 16.3 Å². The normalized spacial score (nSPS) is 16.1. The Morgan fingerprint density at radius 2 is 2.00 bits per heavy atom. The van der Waals surface area contributed by atoms with E-state index in [2.05, 4.69) is 10.4 Å². The number of aromatic nitrogens is 2. The molecule has 1 aliphatic heterocycles. The number of imide groups is 1. The highest BCUT2D eigenvalue weighted by Gasteiger charge is 2.33. The van der Waals surface area contributed by atoms with Crippen LogP contribution < -0.4 is 10.9 Å². The molecule has 3 amide bonds. The summed E-state index contributed by atoms with van der Waals surface area (Å²) in [5.74, 6) is -0.484. The molecular weight excluding hydrogens is 332 g/mol. The number of hydrogen-bond acceptors (Lipinski definition) is 3. The maximum absolute atomic E-state index is 12.5. The van der Waals surface area contributed by atoms with Crippen molar-refractivity contribution in [1.29, 1.82) is 0 Å². The fourth-order valence-corrected chi connectivity index (χ4v) is 2.76. The Hall–Kier alpha value is -2.80. The van der Waals surface area contributed by atoms with E-state index >= 15 is 0 Å². The van der Waals surface area contributed by atoms with E-state index in [1.807, 2.05) is 0 Å². The van der Waals surface area contributed by atoms with Crippen molar-refractivity contribution in [3.8, 4) is 0 Å². The van der Waals surface area contributed by atoms with Gasteiger partial charge in [-0.2, -0.15) is 0 Å². The van der Waals surface area contributed by atoms with Crippen molar-refractivity contribution < 1.29 is 9.59 Å². The number of rotatable bonds is 3. The molecule has 1 fully saturated rings. The summed E-state index contributed by atoms with van der Waals surface area (Å²) in [6.45, 7) is 1.82. The average Bonchev–Trinajstić information content (AvgIpc) is 2.92. The minimum Gasteiger partial charge on any atom is -0.303 e. The molecule has 8 heteroatoms. The molecule has 1 saturated heterocycles. The van der Waals surface area contributed by atoms with E-state index in [0.717, 1.165) is 10.5 Å². The van der Waals surface area contributed by atoms with Gasteiger partial charge in [0.15, 0.2) is 0 Å². The third-order valence-electron chi connectivity index (χ3n) is 3.76.